The average molecular weight is 286 g/mol. The van der Waals surface area contributed by atoms with E-state index in [-0.39, 0.29) is 5.41 Å². The Balaban J connectivity index is 1.93. The minimum Gasteiger partial charge on any atom is -0.316 e. The number of thiazole rings is 1. The summed E-state index contributed by atoms with van der Waals surface area (Å²) in [7, 11) is 1.95. The van der Waals surface area contributed by atoms with Crippen LogP contribution in [-0.4, -0.2) is 14.8 Å². The average Bonchev–Trinajstić information content (AvgIpc) is 2.93. The molecule has 0 aliphatic heterocycles. The van der Waals surface area contributed by atoms with Gasteiger partial charge in [0.05, 0.1) is 15.9 Å². The van der Waals surface area contributed by atoms with Crippen molar-refractivity contribution in [2.24, 2.45) is 7.05 Å². The first-order chi connectivity index (χ1) is 9.43. The normalized spacial score (nSPS) is 12.0. The van der Waals surface area contributed by atoms with Gasteiger partial charge >= 0.3 is 0 Å². The lowest BCUT2D eigenvalue weighted by Crippen LogP contribution is -2.12. The standard InChI is InChI=1S/C15H18N4S/c1-15(2,3)12-9-13(19(4)18-12)17-14-16-10-7-5-6-8-11(10)20-14/h5-9H,1-4H3,(H,16,17). The highest BCUT2D eigenvalue weighted by Crippen LogP contribution is 2.29. The highest BCUT2D eigenvalue weighted by atomic mass is 32.1. The van der Waals surface area contributed by atoms with Crippen LogP contribution < -0.4 is 5.32 Å². The van der Waals surface area contributed by atoms with Crippen LogP contribution in [0.2, 0.25) is 0 Å². The summed E-state index contributed by atoms with van der Waals surface area (Å²) in [6.45, 7) is 6.49. The molecule has 0 saturated heterocycles. The van der Waals surface area contributed by atoms with E-state index in [0.717, 1.165) is 22.2 Å². The summed E-state index contributed by atoms with van der Waals surface area (Å²) in [5.41, 5.74) is 2.15. The molecule has 0 aliphatic rings. The van der Waals surface area contributed by atoms with Gasteiger partial charge in [0.1, 0.15) is 5.82 Å². The number of hydrogen-bond donors (Lipinski definition) is 1. The summed E-state index contributed by atoms with van der Waals surface area (Å²) >= 11 is 1.65. The Morgan fingerprint density at radius 2 is 1.95 bits per heavy atom. The van der Waals surface area contributed by atoms with Crippen molar-refractivity contribution in [1.29, 1.82) is 0 Å². The molecule has 0 fully saturated rings. The largest absolute Gasteiger partial charge is 0.316 e. The molecule has 5 heteroatoms. The van der Waals surface area contributed by atoms with Gasteiger partial charge in [-0.3, -0.25) is 4.68 Å². The molecule has 3 rings (SSSR count). The molecular weight excluding hydrogens is 268 g/mol. The fourth-order valence-corrected chi connectivity index (χ4v) is 2.86. The van der Waals surface area contributed by atoms with E-state index in [1.807, 2.05) is 29.9 Å². The molecule has 3 aromatic rings. The number of nitrogens with zero attached hydrogens (tertiary/aromatic N) is 3. The van der Waals surface area contributed by atoms with Gasteiger partial charge in [-0.05, 0) is 12.1 Å². The number of aromatic nitrogens is 3. The van der Waals surface area contributed by atoms with Crippen molar-refractivity contribution < 1.29 is 0 Å². The zero-order chi connectivity index (χ0) is 14.3. The molecule has 0 unspecified atom stereocenters. The van der Waals surface area contributed by atoms with E-state index in [4.69, 9.17) is 0 Å². The summed E-state index contributed by atoms with van der Waals surface area (Å²) in [5, 5.41) is 8.82. The molecule has 0 radical (unpaired) electrons. The maximum atomic E-state index is 4.59. The van der Waals surface area contributed by atoms with Gasteiger partial charge in [0.2, 0.25) is 0 Å². The van der Waals surface area contributed by atoms with Gasteiger partial charge < -0.3 is 5.32 Å². The number of nitrogens with one attached hydrogen (secondary N) is 1. The highest BCUT2D eigenvalue weighted by molar-refractivity contribution is 7.22. The topological polar surface area (TPSA) is 42.7 Å². The number of anilines is 2. The summed E-state index contributed by atoms with van der Waals surface area (Å²) in [4.78, 5) is 4.59. The van der Waals surface area contributed by atoms with Gasteiger partial charge in [-0.25, -0.2) is 4.98 Å². The second-order valence-corrected chi connectivity index (χ2v) is 6.93. The third-order valence-electron chi connectivity index (χ3n) is 3.18. The molecule has 2 heterocycles. The maximum Gasteiger partial charge on any atom is 0.189 e. The molecule has 0 atom stereocenters. The fraction of sp³-hybridized carbons (Fsp3) is 0.333. The van der Waals surface area contributed by atoms with Crippen LogP contribution in [0.4, 0.5) is 10.9 Å². The van der Waals surface area contributed by atoms with Crippen LogP contribution in [0.15, 0.2) is 30.3 Å². The molecule has 1 aromatic carbocycles. The van der Waals surface area contributed by atoms with Gasteiger partial charge in [-0.2, -0.15) is 5.10 Å². The molecule has 0 aliphatic carbocycles. The number of hydrogen-bond acceptors (Lipinski definition) is 4. The van der Waals surface area contributed by atoms with Crippen molar-refractivity contribution in [3.05, 3.63) is 36.0 Å². The number of fused-ring (bicyclic) bond motifs is 1. The molecule has 0 spiro atoms. The summed E-state index contributed by atoms with van der Waals surface area (Å²) < 4.78 is 3.06. The van der Waals surface area contributed by atoms with E-state index in [1.54, 1.807) is 11.3 Å². The molecule has 1 N–H and O–H groups in total. The highest BCUT2D eigenvalue weighted by Gasteiger charge is 2.19. The SMILES string of the molecule is Cn1nc(C(C)(C)C)cc1Nc1nc2ccccc2s1. The minimum absolute atomic E-state index is 0.0469. The van der Waals surface area contributed by atoms with Crippen molar-refractivity contribution in [2.75, 3.05) is 5.32 Å². The van der Waals surface area contributed by atoms with Crippen LogP contribution in [0.3, 0.4) is 0 Å². The third-order valence-corrected chi connectivity index (χ3v) is 4.13. The predicted octanol–water partition coefficient (Wildman–Crippen LogP) is 4.07. The molecular formula is C15H18N4S. The molecule has 0 amide bonds. The fourth-order valence-electron chi connectivity index (χ4n) is 1.99. The first kappa shape index (κ1) is 13.1. The van der Waals surface area contributed by atoms with Crippen molar-refractivity contribution in [3.63, 3.8) is 0 Å². The van der Waals surface area contributed by atoms with Crippen LogP contribution in [0.5, 0.6) is 0 Å². The zero-order valence-electron chi connectivity index (χ0n) is 12.1. The Morgan fingerprint density at radius 3 is 2.60 bits per heavy atom. The maximum absolute atomic E-state index is 4.59. The Kier molecular flexibility index (Phi) is 3.01. The second kappa shape index (κ2) is 4.59. The summed E-state index contributed by atoms with van der Waals surface area (Å²) in [6, 6.07) is 10.2. The van der Waals surface area contributed by atoms with Gasteiger partial charge in [0, 0.05) is 18.5 Å². The Bertz CT molecular complexity index is 716. The van der Waals surface area contributed by atoms with E-state index in [0.29, 0.717) is 0 Å². The first-order valence-corrected chi connectivity index (χ1v) is 7.42. The Labute approximate surface area is 122 Å². The van der Waals surface area contributed by atoms with E-state index >= 15 is 0 Å². The smallest absolute Gasteiger partial charge is 0.189 e. The van der Waals surface area contributed by atoms with E-state index in [2.05, 4.69) is 48.3 Å². The van der Waals surface area contributed by atoms with Crippen LogP contribution in [0.25, 0.3) is 10.2 Å². The first-order valence-electron chi connectivity index (χ1n) is 6.60. The van der Waals surface area contributed by atoms with Gasteiger partial charge in [0.15, 0.2) is 5.13 Å². The zero-order valence-corrected chi connectivity index (χ0v) is 13.0. The Morgan fingerprint density at radius 1 is 1.20 bits per heavy atom. The number of para-hydroxylation sites is 1. The molecule has 20 heavy (non-hydrogen) atoms. The third kappa shape index (κ3) is 2.41. The van der Waals surface area contributed by atoms with Crippen molar-refractivity contribution in [3.8, 4) is 0 Å². The quantitative estimate of drug-likeness (QED) is 0.772. The van der Waals surface area contributed by atoms with Gasteiger partial charge in [-0.15, -0.1) is 0 Å². The van der Waals surface area contributed by atoms with Crippen LogP contribution in [0, 0.1) is 0 Å². The molecule has 104 valence electrons. The monoisotopic (exact) mass is 286 g/mol. The van der Waals surface area contributed by atoms with Gasteiger partial charge in [-0.1, -0.05) is 44.2 Å². The van der Waals surface area contributed by atoms with E-state index in [9.17, 15) is 0 Å². The lowest BCUT2D eigenvalue weighted by atomic mass is 9.92. The van der Waals surface area contributed by atoms with Crippen LogP contribution >= 0.6 is 11.3 Å². The minimum atomic E-state index is 0.0469. The number of rotatable bonds is 2. The lowest BCUT2D eigenvalue weighted by molar-refractivity contribution is 0.553. The van der Waals surface area contributed by atoms with Crippen molar-refractivity contribution in [2.45, 2.75) is 26.2 Å². The Hall–Kier alpha value is -1.88. The van der Waals surface area contributed by atoms with Gasteiger partial charge in [0.25, 0.3) is 0 Å². The number of aryl methyl sites for hydroxylation is 1. The summed E-state index contributed by atoms with van der Waals surface area (Å²) in [5.74, 6) is 0.967. The van der Waals surface area contributed by atoms with Crippen molar-refractivity contribution in [1.82, 2.24) is 14.8 Å². The van der Waals surface area contributed by atoms with Crippen LogP contribution in [0.1, 0.15) is 26.5 Å². The lowest BCUT2D eigenvalue weighted by Gasteiger charge is -2.13. The summed E-state index contributed by atoms with van der Waals surface area (Å²) in [6.07, 6.45) is 0. The predicted molar refractivity (Wildman–Crippen MR) is 84.8 cm³/mol. The molecule has 4 nitrogen and oxygen atoms in total. The van der Waals surface area contributed by atoms with E-state index in [1.165, 1.54) is 4.70 Å². The van der Waals surface area contributed by atoms with Crippen molar-refractivity contribution >= 4 is 32.5 Å². The van der Waals surface area contributed by atoms with E-state index < -0.39 is 0 Å². The second-order valence-electron chi connectivity index (χ2n) is 5.90. The molecule has 2 aromatic heterocycles. The number of benzene rings is 1. The molecule has 0 bridgehead atoms. The van der Waals surface area contributed by atoms with Crippen LogP contribution in [-0.2, 0) is 12.5 Å². The molecule has 0 saturated carbocycles.